The van der Waals surface area contributed by atoms with Gasteiger partial charge in [-0.05, 0) is 0 Å². The van der Waals surface area contributed by atoms with E-state index < -0.39 is 0 Å². The van der Waals surface area contributed by atoms with Crippen molar-refractivity contribution in [1.82, 2.24) is 0 Å². The molecule has 0 aromatic rings. The van der Waals surface area contributed by atoms with Crippen molar-refractivity contribution in [3.63, 3.8) is 0 Å². The number of piperazine rings is 1. The first-order valence-electron chi connectivity index (χ1n) is 5.26. The monoisotopic (exact) mass is 288 g/mol. The second kappa shape index (κ2) is 7.80. The fourth-order valence-corrected chi connectivity index (χ4v) is 2.10. The van der Waals surface area contributed by atoms with E-state index in [9.17, 15) is 0 Å². The van der Waals surface area contributed by atoms with E-state index in [-0.39, 0.29) is 39.7 Å². The number of ether oxygens (including phenoxy) is 1. The predicted octanol–water partition coefficient (Wildman–Crippen LogP) is -4.80. The van der Waals surface area contributed by atoms with Crippen LogP contribution in [-0.4, -0.2) is 75.5 Å². The van der Waals surface area contributed by atoms with Gasteiger partial charge in [0.2, 0.25) is 0 Å². The van der Waals surface area contributed by atoms with Gasteiger partial charge in [-0.25, -0.2) is 0 Å². The Morgan fingerprint density at radius 3 is 1.71 bits per heavy atom. The summed E-state index contributed by atoms with van der Waals surface area (Å²) in [6.45, 7) is 7.48. The molecule has 3 nitrogen and oxygen atoms in total. The minimum Gasteiger partial charge on any atom is -1.00 e. The summed E-state index contributed by atoms with van der Waals surface area (Å²) in [5.41, 5.74) is 0. The van der Waals surface area contributed by atoms with Crippen molar-refractivity contribution < 1.29 is 38.5 Å². The van der Waals surface area contributed by atoms with Crippen LogP contribution in [0.15, 0.2) is 0 Å². The van der Waals surface area contributed by atoms with Crippen molar-refractivity contribution in [2.45, 2.75) is 21.0 Å². The standard InChI is InChI=1S/C10H22N2O.2CH4.2ClH/c1-11(2)4-6-12(3,7-5-11)8-10-9-13-10;;;;/h10H,4-9H2,1-3H3;2*1H4;2*1H/q+2;;;;/p-2. The molecule has 1 unspecified atom stereocenters. The zero-order valence-electron chi connectivity index (χ0n) is 9.88. The normalized spacial score (nSPS) is 27.4. The molecule has 2 aliphatic rings. The highest BCUT2D eigenvalue weighted by Crippen LogP contribution is 2.19. The zero-order valence-corrected chi connectivity index (χ0v) is 11.4. The third kappa shape index (κ3) is 6.82. The van der Waals surface area contributed by atoms with E-state index in [2.05, 4.69) is 21.1 Å². The van der Waals surface area contributed by atoms with E-state index in [0.29, 0.717) is 6.10 Å². The molecule has 17 heavy (non-hydrogen) atoms. The summed E-state index contributed by atoms with van der Waals surface area (Å²) in [6, 6.07) is 0. The maximum atomic E-state index is 5.31. The highest BCUT2D eigenvalue weighted by atomic mass is 35.5. The number of halogens is 2. The van der Waals surface area contributed by atoms with Gasteiger partial charge in [0.25, 0.3) is 0 Å². The molecule has 0 aliphatic carbocycles. The Morgan fingerprint density at radius 1 is 0.941 bits per heavy atom. The number of quaternary nitrogens is 2. The molecule has 2 aliphatic heterocycles. The lowest BCUT2D eigenvalue weighted by Crippen LogP contribution is -3.00. The fraction of sp³-hybridized carbons (Fsp3) is 1.00. The molecule has 2 saturated heterocycles. The van der Waals surface area contributed by atoms with Crippen LogP contribution in [-0.2, 0) is 4.74 Å². The summed E-state index contributed by atoms with van der Waals surface area (Å²) >= 11 is 0. The number of rotatable bonds is 2. The maximum Gasteiger partial charge on any atom is 0.130 e. The van der Waals surface area contributed by atoms with Gasteiger partial charge in [-0.3, -0.25) is 0 Å². The summed E-state index contributed by atoms with van der Waals surface area (Å²) in [5.74, 6) is 0. The first-order chi connectivity index (χ1) is 5.99. The maximum absolute atomic E-state index is 5.31. The largest absolute Gasteiger partial charge is 1.00 e. The Hall–Kier alpha value is 0.460. The molecule has 0 aromatic heterocycles. The second-order valence-electron chi connectivity index (χ2n) is 5.59. The molecule has 0 aromatic carbocycles. The van der Waals surface area contributed by atoms with Gasteiger partial charge in [0.1, 0.15) is 38.8 Å². The average Bonchev–Trinajstić information content (AvgIpc) is 2.81. The summed E-state index contributed by atoms with van der Waals surface area (Å²) in [4.78, 5) is 0. The Balaban J connectivity index is -0.000000490. The van der Waals surface area contributed by atoms with Gasteiger partial charge in [-0.2, -0.15) is 0 Å². The lowest BCUT2D eigenvalue weighted by molar-refractivity contribution is -1.01. The summed E-state index contributed by atoms with van der Waals surface area (Å²) < 4.78 is 7.73. The van der Waals surface area contributed by atoms with Gasteiger partial charge in [-0.1, -0.05) is 14.9 Å². The first-order valence-corrected chi connectivity index (χ1v) is 5.26. The molecule has 2 rings (SSSR count). The van der Waals surface area contributed by atoms with Gasteiger partial charge in [0.15, 0.2) is 0 Å². The molecule has 0 amide bonds. The topological polar surface area (TPSA) is 12.5 Å². The van der Waals surface area contributed by atoms with Gasteiger partial charge in [-0.15, -0.1) is 0 Å². The smallest absolute Gasteiger partial charge is 0.130 e. The van der Waals surface area contributed by atoms with E-state index in [0.717, 1.165) is 6.61 Å². The Kier molecular flexibility index (Phi) is 10.4. The number of hydrogen-bond donors (Lipinski definition) is 0. The summed E-state index contributed by atoms with van der Waals surface area (Å²) in [7, 11) is 7.04. The molecule has 108 valence electrons. The van der Waals surface area contributed by atoms with Gasteiger partial charge in [0, 0.05) is 0 Å². The van der Waals surface area contributed by atoms with Gasteiger partial charge < -0.3 is 38.5 Å². The zero-order chi connectivity index (χ0) is 9.53. The Bertz CT molecular complexity index is 199. The van der Waals surface area contributed by atoms with Crippen LogP contribution in [0.3, 0.4) is 0 Å². The molecular formula is C12H30Cl2N2O. The second-order valence-corrected chi connectivity index (χ2v) is 5.59. The van der Waals surface area contributed by atoms with Crippen LogP contribution in [0.1, 0.15) is 14.9 Å². The van der Waals surface area contributed by atoms with Crippen LogP contribution in [0.5, 0.6) is 0 Å². The highest BCUT2D eigenvalue weighted by Gasteiger charge is 2.39. The average molecular weight is 289 g/mol. The number of epoxide rings is 1. The van der Waals surface area contributed by atoms with Crippen LogP contribution in [0.25, 0.3) is 0 Å². The van der Waals surface area contributed by atoms with Crippen molar-refractivity contribution in [2.24, 2.45) is 0 Å². The van der Waals surface area contributed by atoms with E-state index in [1.54, 1.807) is 0 Å². The summed E-state index contributed by atoms with van der Waals surface area (Å²) in [5, 5.41) is 0. The van der Waals surface area contributed by atoms with Crippen LogP contribution in [0, 0.1) is 0 Å². The van der Waals surface area contributed by atoms with Crippen molar-refractivity contribution >= 4 is 0 Å². The number of nitrogens with zero attached hydrogens (tertiary/aromatic N) is 2. The molecule has 0 N–H and O–H groups in total. The molecule has 0 spiro atoms. The quantitative estimate of drug-likeness (QED) is 0.367. The molecule has 2 heterocycles. The van der Waals surface area contributed by atoms with Crippen molar-refractivity contribution in [3.8, 4) is 0 Å². The fourth-order valence-electron chi connectivity index (χ4n) is 2.10. The van der Waals surface area contributed by atoms with Crippen molar-refractivity contribution in [1.29, 1.82) is 0 Å². The number of hydrogen-bond acceptors (Lipinski definition) is 1. The van der Waals surface area contributed by atoms with Crippen LogP contribution >= 0.6 is 0 Å². The third-order valence-electron chi connectivity index (χ3n) is 3.54. The van der Waals surface area contributed by atoms with Crippen LogP contribution in [0.2, 0.25) is 0 Å². The Morgan fingerprint density at radius 2 is 1.35 bits per heavy atom. The molecule has 0 radical (unpaired) electrons. The molecule has 2 fully saturated rings. The van der Waals surface area contributed by atoms with Gasteiger partial charge in [0.05, 0.1) is 27.7 Å². The Labute approximate surface area is 120 Å². The van der Waals surface area contributed by atoms with E-state index in [1.807, 2.05) is 0 Å². The third-order valence-corrected chi connectivity index (χ3v) is 3.54. The van der Waals surface area contributed by atoms with Crippen molar-refractivity contribution in [3.05, 3.63) is 0 Å². The highest BCUT2D eigenvalue weighted by molar-refractivity contribution is 4.68. The van der Waals surface area contributed by atoms with Gasteiger partial charge >= 0.3 is 0 Å². The molecule has 0 saturated carbocycles. The lowest BCUT2D eigenvalue weighted by atomic mass is 10.2. The predicted molar refractivity (Wildman–Crippen MR) is 65.8 cm³/mol. The van der Waals surface area contributed by atoms with Crippen LogP contribution < -0.4 is 24.8 Å². The minimum atomic E-state index is 0. The SMILES string of the molecule is C.C.C[N+]1(C)CC[N+](C)(CC2CO2)CC1.[Cl-].[Cl-]. The molecule has 0 bridgehead atoms. The molecule has 1 atom stereocenters. The van der Waals surface area contributed by atoms with Crippen LogP contribution in [0.4, 0.5) is 0 Å². The first kappa shape index (κ1) is 22.6. The lowest BCUT2D eigenvalue weighted by Gasteiger charge is -2.44. The molecule has 5 heteroatoms. The minimum absolute atomic E-state index is 0. The van der Waals surface area contributed by atoms with E-state index in [1.165, 1.54) is 41.7 Å². The number of likely N-dealkylation sites (N-methyl/N-ethyl adjacent to an activating group) is 2. The van der Waals surface area contributed by atoms with Crippen molar-refractivity contribution in [2.75, 3.05) is 60.5 Å². The molecular weight excluding hydrogens is 259 g/mol. The van der Waals surface area contributed by atoms with E-state index >= 15 is 0 Å². The van der Waals surface area contributed by atoms with E-state index in [4.69, 9.17) is 4.74 Å². The summed E-state index contributed by atoms with van der Waals surface area (Å²) in [6.07, 6.45) is 0.582.